The second-order valence-corrected chi connectivity index (χ2v) is 7.93. The number of aryl methyl sites for hydroxylation is 2. The Bertz CT molecular complexity index is 888. The van der Waals surface area contributed by atoms with Gasteiger partial charge in [-0.1, -0.05) is 42.5 Å². The molecule has 0 saturated carbocycles. The first-order valence-electron chi connectivity index (χ1n) is 10.2. The van der Waals surface area contributed by atoms with Crippen molar-refractivity contribution in [1.82, 2.24) is 14.8 Å². The highest BCUT2D eigenvalue weighted by atomic mass is 15.1. The molecule has 1 aromatic heterocycles. The second kappa shape index (κ2) is 8.28. The zero-order valence-electron chi connectivity index (χ0n) is 16.6. The second-order valence-electron chi connectivity index (χ2n) is 7.93. The minimum atomic E-state index is 0.660. The molecule has 0 atom stereocenters. The molecule has 3 heteroatoms. The lowest BCUT2D eigenvalue weighted by Crippen LogP contribution is -2.42. The molecule has 0 spiro atoms. The van der Waals surface area contributed by atoms with Gasteiger partial charge in [0.05, 0.1) is 0 Å². The summed E-state index contributed by atoms with van der Waals surface area (Å²) in [6, 6.07) is 20.4. The number of nitrogens with zero attached hydrogens (tertiary/aromatic N) is 2. The molecule has 27 heavy (non-hydrogen) atoms. The fourth-order valence-electron chi connectivity index (χ4n) is 4.31. The summed E-state index contributed by atoms with van der Waals surface area (Å²) in [6.07, 6.45) is 3.59. The van der Waals surface area contributed by atoms with Gasteiger partial charge in [0.2, 0.25) is 0 Å². The van der Waals surface area contributed by atoms with Gasteiger partial charge in [-0.05, 0) is 61.5 Å². The number of aromatic nitrogens is 1. The van der Waals surface area contributed by atoms with Crippen molar-refractivity contribution in [2.24, 2.45) is 7.05 Å². The molecule has 1 aliphatic rings. The Morgan fingerprint density at radius 2 is 1.74 bits per heavy atom. The smallest absolute Gasteiger partial charge is 0.0479 e. The van der Waals surface area contributed by atoms with Crippen LogP contribution in [0.5, 0.6) is 0 Å². The van der Waals surface area contributed by atoms with Crippen molar-refractivity contribution < 1.29 is 0 Å². The third-order valence-corrected chi connectivity index (χ3v) is 6.11. The Morgan fingerprint density at radius 3 is 2.52 bits per heavy atom. The van der Waals surface area contributed by atoms with Gasteiger partial charge < -0.3 is 9.88 Å². The number of nitrogens with one attached hydrogen (secondary N) is 1. The monoisotopic (exact) mass is 361 g/mol. The molecule has 2 heterocycles. The lowest BCUT2D eigenvalue weighted by molar-refractivity contribution is 0.190. The number of rotatable bonds is 6. The average molecular weight is 362 g/mol. The quantitative estimate of drug-likeness (QED) is 0.707. The first-order chi connectivity index (χ1) is 13.2. The van der Waals surface area contributed by atoms with Gasteiger partial charge in [-0.2, -0.15) is 0 Å². The van der Waals surface area contributed by atoms with Gasteiger partial charge in [-0.25, -0.2) is 0 Å². The maximum Gasteiger partial charge on any atom is 0.0479 e. The molecule has 2 aromatic carbocycles. The summed E-state index contributed by atoms with van der Waals surface area (Å²) in [7, 11) is 2.18. The van der Waals surface area contributed by atoms with E-state index in [1.807, 2.05) is 0 Å². The van der Waals surface area contributed by atoms with E-state index < -0.39 is 0 Å². The number of fused-ring (bicyclic) bond motifs is 1. The van der Waals surface area contributed by atoms with Gasteiger partial charge in [-0.3, -0.25) is 4.90 Å². The van der Waals surface area contributed by atoms with Gasteiger partial charge in [0.15, 0.2) is 0 Å². The van der Waals surface area contributed by atoms with E-state index in [1.165, 1.54) is 53.7 Å². The predicted molar refractivity (Wildman–Crippen MR) is 114 cm³/mol. The summed E-state index contributed by atoms with van der Waals surface area (Å²) in [5, 5.41) is 5.14. The standard InChI is InChI=1S/C24H31N3/c1-19-7-3-4-9-21(19)18-27-15-12-22(13-16-27)25-14-11-23-17-20-8-5-6-10-24(20)26(23)2/h3-10,17,22,25H,11-16,18H2,1-2H3. The first-order valence-corrected chi connectivity index (χ1v) is 10.2. The van der Waals surface area contributed by atoms with E-state index in [0.717, 1.165) is 19.5 Å². The number of piperidine rings is 1. The molecule has 3 nitrogen and oxygen atoms in total. The molecule has 142 valence electrons. The van der Waals surface area contributed by atoms with Gasteiger partial charge >= 0.3 is 0 Å². The van der Waals surface area contributed by atoms with E-state index in [4.69, 9.17) is 0 Å². The summed E-state index contributed by atoms with van der Waals surface area (Å²) < 4.78 is 2.34. The van der Waals surface area contributed by atoms with E-state index in [1.54, 1.807) is 0 Å². The van der Waals surface area contributed by atoms with Crippen LogP contribution < -0.4 is 5.32 Å². The maximum absolute atomic E-state index is 3.80. The summed E-state index contributed by atoms with van der Waals surface area (Å²) >= 11 is 0. The van der Waals surface area contributed by atoms with Crippen LogP contribution in [0.2, 0.25) is 0 Å². The van der Waals surface area contributed by atoms with E-state index in [-0.39, 0.29) is 0 Å². The van der Waals surface area contributed by atoms with Crippen LogP contribution in [0, 0.1) is 6.92 Å². The van der Waals surface area contributed by atoms with Crippen LogP contribution >= 0.6 is 0 Å². The summed E-state index contributed by atoms with van der Waals surface area (Å²) in [4.78, 5) is 2.60. The van der Waals surface area contributed by atoms with Crippen LogP contribution in [0.15, 0.2) is 54.6 Å². The molecule has 4 rings (SSSR count). The molecule has 1 saturated heterocycles. The number of benzene rings is 2. The van der Waals surface area contributed by atoms with Crippen LogP contribution in [-0.4, -0.2) is 35.1 Å². The van der Waals surface area contributed by atoms with Crippen LogP contribution in [0.3, 0.4) is 0 Å². The highest BCUT2D eigenvalue weighted by molar-refractivity contribution is 5.81. The Hall–Kier alpha value is -2.10. The Balaban J connectivity index is 1.24. The van der Waals surface area contributed by atoms with Gasteiger partial charge in [0.25, 0.3) is 0 Å². The van der Waals surface area contributed by atoms with Crippen molar-refractivity contribution in [3.05, 3.63) is 71.4 Å². The van der Waals surface area contributed by atoms with Crippen molar-refractivity contribution in [3.8, 4) is 0 Å². The van der Waals surface area contributed by atoms with Crippen LogP contribution in [-0.2, 0) is 20.0 Å². The van der Waals surface area contributed by atoms with E-state index >= 15 is 0 Å². The average Bonchev–Trinajstić information content (AvgIpc) is 3.01. The molecule has 0 amide bonds. The fourth-order valence-corrected chi connectivity index (χ4v) is 4.31. The maximum atomic E-state index is 3.80. The Kier molecular flexibility index (Phi) is 5.61. The zero-order chi connectivity index (χ0) is 18.6. The molecule has 1 aliphatic heterocycles. The largest absolute Gasteiger partial charge is 0.348 e. The predicted octanol–water partition coefficient (Wildman–Crippen LogP) is 4.28. The first kappa shape index (κ1) is 18.3. The van der Waals surface area contributed by atoms with Crippen molar-refractivity contribution in [2.45, 2.75) is 38.8 Å². The lowest BCUT2D eigenvalue weighted by atomic mass is 10.0. The molecular formula is C24H31N3. The normalized spacial score (nSPS) is 16.2. The summed E-state index contributed by atoms with van der Waals surface area (Å²) in [5.41, 5.74) is 5.63. The van der Waals surface area contributed by atoms with Crippen molar-refractivity contribution in [1.29, 1.82) is 0 Å². The molecule has 1 N–H and O–H groups in total. The number of likely N-dealkylation sites (tertiary alicyclic amines) is 1. The molecule has 3 aromatic rings. The molecule has 0 bridgehead atoms. The van der Waals surface area contributed by atoms with E-state index in [2.05, 4.69) is 83.4 Å². The SMILES string of the molecule is Cc1ccccc1CN1CCC(NCCc2cc3ccccc3n2C)CC1. The van der Waals surface area contributed by atoms with Crippen LogP contribution in [0.1, 0.15) is 29.7 Å². The number of hydrogen-bond acceptors (Lipinski definition) is 2. The number of hydrogen-bond donors (Lipinski definition) is 1. The lowest BCUT2D eigenvalue weighted by Gasteiger charge is -2.32. The van der Waals surface area contributed by atoms with Crippen LogP contribution in [0.25, 0.3) is 10.9 Å². The molecule has 1 fully saturated rings. The highest BCUT2D eigenvalue weighted by Crippen LogP contribution is 2.19. The van der Waals surface area contributed by atoms with E-state index in [9.17, 15) is 0 Å². The van der Waals surface area contributed by atoms with Gasteiger partial charge in [-0.15, -0.1) is 0 Å². The third kappa shape index (κ3) is 4.26. The number of para-hydroxylation sites is 1. The van der Waals surface area contributed by atoms with E-state index in [0.29, 0.717) is 6.04 Å². The van der Waals surface area contributed by atoms with Crippen molar-refractivity contribution >= 4 is 10.9 Å². The molecular weight excluding hydrogens is 330 g/mol. The summed E-state index contributed by atoms with van der Waals surface area (Å²) in [6.45, 7) is 6.76. The van der Waals surface area contributed by atoms with Gasteiger partial charge in [0.1, 0.15) is 0 Å². The molecule has 0 aliphatic carbocycles. The zero-order valence-corrected chi connectivity index (χ0v) is 16.6. The van der Waals surface area contributed by atoms with Gasteiger partial charge in [0, 0.05) is 43.8 Å². The summed E-state index contributed by atoms with van der Waals surface area (Å²) in [5.74, 6) is 0. The topological polar surface area (TPSA) is 20.2 Å². The third-order valence-electron chi connectivity index (χ3n) is 6.11. The fraction of sp³-hybridized carbons (Fsp3) is 0.417. The minimum absolute atomic E-state index is 0.660. The minimum Gasteiger partial charge on any atom is -0.348 e. The highest BCUT2D eigenvalue weighted by Gasteiger charge is 2.19. The van der Waals surface area contributed by atoms with Crippen molar-refractivity contribution in [2.75, 3.05) is 19.6 Å². The van der Waals surface area contributed by atoms with Crippen LogP contribution in [0.4, 0.5) is 0 Å². The Morgan fingerprint density at radius 1 is 1.00 bits per heavy atom. The Labute approximate surface area is 163 Å². The molecule has 0 radical (unpaired) electrons. The van der Waals surface area contributed by atoms with Crippen molar-refractivity contribution in [3.63, 3.8) is 0 Å². The molecule has 0 unspecified atom stereocenters.